The predicted octanol–water partition coefficient (Wildman–Crippen LogP) is 2.98. The Morgan fingerprint density at radius 1 is 1.05 bits per heavy atom. The van der Waals surface area contributed by atoms with E-state index in [2.05, 4.69) is 42.8 Å². The molecule has 0 fully saturated rings. The number of unbranched alkanes of at least 4 members (excludes halogenated alkanes) is 1. The number of nitrogens with zero attached hydrogens (tertiary/aromatic N) is 1. The molecular formula is C17H23NO3S. The topological polar surface area (TPSA) is 61.1 Å². The van der Waals surface area contributed by atoms with Gasteiger partial charge < -0.3 is 4.55 Å². The molecular weight excluding hydrogens is 298 g/mol. The Hall–Kier alpha value is -1.72. The first-order valence-corrected chi connectivity index (χ1v) is 8.73. The molecule has 0 amide bonds. The van der Waals surface area contributed by atoms with Crippen molar-refractivity contribution in [3.8, 4) is 0 Å². The van der Waals surface area contributed by atoms with Gasteiger partial charge in [-0.1, -0.05) is 37.1 Å². The standard InChI is InChI=1S/C10H16N.C7H8O3S/c1-3-4-8-11-9-6-5-7-10(11)2;1-6-2-4-7(5-3-6)11(8,9)10/h5-7,9H,3-4,8H2,1-2H3;2-5H,1H3,(H,8,9,10)/q+1;/p-1. The van der Waals surface area contributed by atoms with Crippen LogP contribution in [-0.2, 0) is 16.7 Å². The molecule has 0 spiro atoms. The van der Waals surface area contributed by atoms with Crippen LogP contribution in [0.5, 0.6) is 0 Å². The van der Waals surface area contributed by atoms with Gasteiger partial charge in [0.05, 0.1) is 4.90 Å². The zero-order valence-electron chi connectivity index (χ0n) is 13.3. The summed E-state index contributed by atoms with van der Waals surface area (Å²) in [6.07, 6.45) is 4.68. The van der Waals surface area contributed by atoms with Crippen LogP contribution in [0.15, 0.2) is 53.6 Å². The Balaban J connectivity index is 0.000000220. The molecule has 4 nitrogen and oxygen atoms in total. The molecule has 0 aliphatic heterocycles. The van der Waals surface area contributed by atoms with Crippen molar-refractivity contribution < 1.29 is 17.5 Å². The van der Waals surface area contributed by atoms with Crippen LogP contribution in [0.4, 0.5) is 0 Å². The van der Waals surface area contributed by atoms with E-state index in [4.69, 9.17) is 0 Å². The van der Waals surface area contributed by atoms with Gasteiger partial charge in [-0.15, -0.1) is 0 Å². The molecule has 1 heterocycles. The number of aryl methyl sites for hydroxylation is 3. The maximum atomic E-state index is 10.4. The van der Waals surface area contributed by atoms with Crippen molar-refractivity contribution >= 4 is 10.1 Å². The van der Waals surface area contributed by atoms with Gasteiger partial charge in [0.15, 0.2) is 11.9 Å². The third kappa shape index (κ3) is 6.37. The van der Waals surface area contributed by atoms with Crippen LogP contribution in [0.2, 0.25) is 0 Å². The zero-order chi connectivity index (χ0) is 16.6. The summed E-state index contributed by atoms with van der Waals surface area (Å²) in [5.41, 5.74) is 2.28. The van der Waals surface area contributed by atoms with Gasteiger partial charge in [0, 0.05) is 25.5 Å². The van der Waals surface area contributed by atoms with E-state index in [1.54, 1.807) is 12.1 Å². The smallest absolute Gasteiger partial charge is 0.178 e. The number of aromatic nitrogens is 1. The van der Waals surface area contributed by atoms with Gasteiger partial charge in [-0.3, -0.25) is 0 Å². The largest absolute Gasteiger partial charge is 0.744 e. The summed E-state index contributed by atoms with van der Waals surface area (Å²) in [5.74, 6) is 0. The van der Waals surface area contributed by atoms with Crippen LogP contribution >= 0.6 is 0 Å². The van der Waals surface area contributed by atoms with E-state index in [0.717, 1.165) is 12.1 Å². The maximum Gasteiger partial charge on any atom is 0.178 e. The van der Waals surface area contributed by atoms with Crippen LogP contribution in [0, 0.1) is 13.8 Å². The highest BCUT2D eigenvalue weighted by Gasteiger charge is 2.01. The van der Waals surface area contributed by atoms with Crippen molar-refractivity contribution in [1.29, 1.82) is 0 Å². The highest BCUT2D eigenvalue weighted by Crippen LogP contribution is 2.08. The van der Waals surface area contributed by atoms with Crippen LogP contribution in [0.25, 0.3) is 0 Å². The highest BCUT2D eigenvalue weighted by atomic mass is 32.2. The SMILES string of the molecule is CCCC[n+]1ccccc1C.Cc1ccc(S(=O)(=O)[O-])cc1. The first kappa shape index (κ1) is 18.3. The minimum atomic E-state index is -4.27. The number of hydrogen-bond donors (Lipinski definition) is 0. The lowest BCUT2D eigenvalue weighted by Gasteiger charge is -2.05. The lowest BCUT2D eigenvalue weighted by atomic mass is 10.2. The monoisotopic (exact) mass is 321 g/mol. The van der Waals surface area contributed by atoms with E-state index in [9.17, 15) is 13.0 Å². The van der Waals surface area contributed by atoms with Gasteiger partial charge in [0.2, 0.25) is 0 Å². The van der Waals surface area contributed by atoms with Gasteiger partial charge in [-0.25, -0.2) is 13.0 Å². The Labute approximate surface area is 133 Å². The van der Waals surface area contributed by atoms with Crippen LogP contribution in [0.3, 0.4) is 0 Å². The summed E-state index contributed by atoms with van der Waals surface area (Å²) in [7, 11) is -4.27. The van der Waals surface area contributed by atoms with E-state index in [1.165, 1.54) is 30.7 Å². The van der Waals surface area contributed by atoms with E-state index >= 15 is 0 Å². The molecule has 120 valence electrons. The molecule has 1 aromatic carbocycles. The molecule has 1 aromatic heterocycles. The minimum absolute atomic E-state index is 0.178. The van der Waals surface area contributed by atoms with E-state index < -0.39 is 10.1 Å². The first-order valence-electron chi connectivity index (χ1n) is 7.32. The summed E-state index contributed by atoms with van der Waals surface area (Å²) < 4.78 is 33.5. The van der Waals surface area contributed by atoms with Crippen molar-refractivity contribution in [3.63, 3.8) is 0 Å². The van der Waals surface area contributed by atoms with Gasteiger partial charge in [-0.2, -0.15) is 0 Å². The normalized spacial score (nSPS) is 10.7. The van der Waals surface area contributed by atoms with Crippen molar-refractivity contribution in [2.24, 2.45) is 0 Å². The Morgan fingerprint density at radius 2 is 1.68 bits per heavy atom. The zero-order valence-corrected chi connectivity index (χ0v) is 14.1. The molecule has 0 aliphatic rings. The van der Waals surface area contributed by atoms with Gasteiger partial charge in [-0.05, 0) is 19.1 Å². The summed E-state index contributed by atoms with van der Waals surface area (Å²) in [6.45, 7) is 7.35. The summed E-state index contributed by atoms with van der Waals surface area (Å²) in [4.78, 5) is -0.178. The molecule has 0 saturated carbocycles. The third-order valence-corrected chi connectivity index (χ3v) is 4.08. The van der Waals surface area contributed by atoms with Crippen LogP contribution in [-0.4, -0.2) is 13.0 Å². The van der Waals surface area contributed by atoms with Gasteiger partial charge >= 0.3 is 0 Å². The van der Waals surface area contributed by atoms with Crippen molar-refractivity contribution in [2.75, 3.05) is 0 Å². The van der Waals surface area contributed by atoms with E-state index in [1.807, 2.05) is 6.92 Å². The molecule has 0 N–H and O–H groups in total. The lowest BCUT2D eigenvalue weighted by Crippen LogP contribution is -2.36. The first-order chi connectivity index (χ1) is 10.3. The number of rotatable bonds is 4. The molecule has 2 rings (SSSR count). The molecule has 22 heavy (non-hydrogen) atoms. The molecule has 0 bridgehead atoms. The highest BCUT2D eigenvalue weighted by molar-refractivity contribution is 7.85. The number of pyridine rings is 1. The lowest BCUT2D eigenvalue weighted by molar-refractivity contribution is -0.703. The maximum absolute atomic E-state index is 10.4. The second kappa shape index (κ2) is 8.66. The number of benzene rings is 1. The van der Waals surface area contributed by atoms with Gasteiger partial charge in [0.25, 0.3) is 0 Å². The predicted molar refractivity (Wildman–Crippen MR) is 85.4 cm³/mol. The molecule has 5 heteroatoms. The van der Waals surface area contributed by atoms with Crippen molar-refractivity contribution in [1.82, 2.24) is 0 Å². The fourth-order valence-corrected chi connectivity index (χ4v) is 2.32. The van der Waals surface area contributed by atoms with Gasteiger partial charge in [0.1, 0.15) is 16.7 Å². The molecule has 0 radical (unpaired) electrons. The third-order valence-electron chi connectivity index (χ3n) is 3.23. The Morgan fingerprint density at radius 3 is 2.18 bits per heavy atom. The fourth-order valence-electron chi connectivity index (χ4n) is 1.85. The van der Waals surface area contributed by atoms with Crippen LogP contribution < -0.4 is 4.57 Å². The summed E-state index contributed by atoms with van der Waals surface area (Å²) in [6, 6.07) is 12.1. The molecule has 0 saturated heterocycles. The average molecular weight is 321 g/mol. The summed E-state index contributed by atoms with van der Waals surface area (Å²) in [5, 5.41) is 0. The minimum Gasteiger partial charge on any atom is -0.744 e. The average Bonchev–Trinajstić information content (AvgIpc) is 2.47. The second-order valence-corrected chi connectivity index (χ2v) is 6.54. The quantitative estimate of drug-likeness (QED) is 0.642. The molecule has 0 unspecified atom stereocenters. The Bertz CT molecular complexity index is 679. The number of hydrogen-bond acceptors (Lipinski definition) is 3. The van der Waals surface area contributed by atoms with E-state index in [0.29, 0.717) is 0 Å². The second-order valence-electron chi connectivity index (χ2n) is 5.16. The van der Waals surface area contributed by atoms with E-state index in [-0.39, 0.29) is 4.90 Å². The molecule has 2 aromatic rings. The van der Waals surface area contributed by atoms with Crippen molar-refractivity contribution in [3.05, 3.63) is 59.9 Å². The summed E-state index contributed by atoms with van der Waals surface area (Å²) >= 11 is 0. The fraction of sp³-hybridized carbons (Fsp3) is 0.353. The Kier molecular flexibility index (Phi) is 7.21. The molecule has 0 atom stereocenters. The van der Waals surface area contributed by atoms with Crippen molar-refractivity contribution in [2.45, 2.75) is 45.1 Å². The van der Waals surface area contributed by atoms with Crippen LogP contribution in [0.1, 0.15) is 31.0 Å². The molecule has 0 aliphatic carbocycles.